The lowest BCUT2D eigenvalue weighted by atomic mass is 9.84. The summed E-state index contributed by atoms with van der Waals surface area (Å²) in [4.78, 5) is 25.6. The summed E-state index contributed by atoms with van der Waals surface area (Å²) < 4.78 is 10.4. The van der Waals surface area contributed by atoms with Gasteiger partial charge < -0.3 is 19.7 Å². The quantitative estimate of drug-likeness (QED) is 0.688. The van der Waals surface area contributed by atoms with Crippen LogP contribution in [0.2, 0.25) is 0 Å². The molecular formula is C14H26N2O4. The third-order valence-electron chi connectivity index (χ3n) is 3.23. The molecule has 0 aromatic heterocycles. The third kappa shape index (κ3) is 4.76. The van der Waals surface area contributed by atoms with Crippen molar-refractivity contribution in [2.24, 2.45) is 5.41 Å². The summed E-state index contributed by atoms with van der Waals surface area (Å²) in [7, 11) is 1.65. The lowest BCUT2D eigenvalue weighted by Crippen LogP contribution is -2.63. The summed E-state index contributed by atoms with van der Waals surface area (Å²) in [5, 5.41) is 2.65. The van der Waals surface area contributed by atoms with Crippen molar-refractivity contribution in [2.45, 2.75) is 33.2 Å². The average Bonchev–Trinajstić information content (AvgIpc) is 2.36. The van der Waals surface area contributed by atoms with Gasteiger partial charge in [0.1, 0.15) is 6.04 Å². The summed E-state index contributed by atoms with van der Waals surface area (Å²) in [6, 6.07) is -0.439. The fraction of sp³-hybridized carbons (Fsp3) is 0.857. The van der Waals surface area contributed by atoms with Crippen LogP contribution < -0.4 is 5.32 Å². The molecule has 1 saturated heterocycles. The van der Waals surface area contributed by atoms with E-state index in [9.17, 15) is 9.59 Å². The van der Waals surface area contributed by atoms with Crippen molar-refractivity contribution in [3.8, 4) is 0 Å². The fourth-order valence-electron chi connectivity index (χ4n) is 2.33. The van der Waals surface area contributed by atoms with Gasteiger partial charge in [-0.05, 0) is 11.8 Å². The summed E-state index contributed by atoms with van der Waals surface area (Å²) in [5.41, 5.74) is -0.295. The Morgan fingerprint density at radius 2 is 1.95 bits per heavy atom. The van der Waals surface area contributed by atoms with Crippen molar-refractivity contribution >= 4 is 11.8 Å². The third-order valence-corrected chi connectivity index (χ3v) is 3.23. The molecule has 6 heteroatoms. The Balaban J connectivity index is 2.50. The second kappa shape index (κ2) is 7.59. The first kappa shape index (κ1) is 16.9. The SMILES string of the molecule is COCCCOCCN1C(=O)CNC(=O)C1C(C)(C)C. The van der Waals surface area contributed by atoms with Crippen LogP contribution in [0.25, 0.3) is 0 Å². The lowest BCUT2D eigenvalue weighted by Gasteiger charge is -2.41. The van der Waals surface area contributed by atoms with E-state index >= 15 is 0 Å². The van der Waals surface area contributed by atoms with Crippen molar-refractivity contribution in [2.75, 3.05) is 40.0 Å². The molecule has 0 bridgehead atoms. The van der Waals surface area contributed by atoms with Gasteiger partial charge >= 0.3 is 0 Å². The zero-order chi connectivity index (χ0) is 15.2. The minimum atomic E-state index is -0.439. The van der Waals surface area contributed by atoms with Gasteiger partial charge in [0.25, 0.3) is 0 Å². The molecule has 2 amide bonds. The van der Waals surface area contributed by atoms with Crippen LogP contribution in [0.1, 0.15) is 27.2 Å². The van der Waals surface area contributed by atoms with Crippen molar-refractivity contribution in [3.05, 3.63) is 0 Å². The number of piperazine rings is 1. The standard InChI is InChI=1S/C14H26N2O4/c1-14(2,3)12-13(18)15-10-11(17)16(12)6-9-20-8-5-7-19-4/h12H,5-10H2,1-4H3,(H,15,18). The minimum absolute atomic E-state index is 0.0509. The van der Waals surface area contributed by atoms with E-state index in [2.05, 4.69) is 5.32 Å². The molecule has 1 rings (SSSR count). The number of carbonyl (C=O) groups excluding carboxylic acids is 2. The van der Waals surface area contributed by atoms with E-state index in [1.54, 1.807) is 12.0 Å². The van der Waals surface area contributed by atoms with Crippen LogP contribution >= 0.6 is 0 Å². The van der Waals surface area contributed by atoms with E-state index in [1.165, 1.54) is 0 Å². The zero-order valence-corrected chi connectivity index (χ0v) is 12.9. The number of hydrogen-bond acceptors (Lipinski definition) is 4. The molecule has 1 fully saturated rings. The van der Waals surface area contributed by atoms with E-state index < -0.39 is 6.04 Å². The predicted molar refractivity (Wildman–Crippen MR) is 75.3 cm³/mol. The number of nitrogens with one attached hydrogen (secondary N) is 1. The first-order valence-electron chi connectivity index (χ1n) is 7.02. The average molecular weight is 286 g/mol. The summed E-state index contributed by atoms with van der Waals surface area (Å²) in [6.45, 7) is 8.11. The van der Waals surface area contributed by atoms with E-state index in [0.717, 1.165) is 6.42 Å². The van der Waals surface area contributed by atoms with Gasteiger partial charge in [-0.3, -0.25) is 9.59 Å². The Labute approximate surface area is 120 Å². The Hall–Kier alpha value is -1.14. The van der Waals surface area contributed by atoms with Crippen LogP contribution in [-0.2, 0) is 19.1 Å². The first-order chi connectivity index (χ1) is 9.38. The van der Waals surface area contributed by atoms with Crippen LogP contribution in [0.15, 0.2) is 0 Å². The van der Waals surface area contributed by atoms with Gasteiger partial charge in [-0.1, -0.05) is 20.8 Å². The monoisotopic (exact) mass is 286 g/mol. The van der Waals surface area contributed by atoms with Crippen LogP contribution in [0.3, 0.4) is 0 Å². The largest absolute Gasteiger partial charge is 0.385 e. The molecule has 0 aliphatic carbocycles. The lowest BCUT2D eigenvalue weighted by molar-refractivity contribution is -0.150. The van der Waals surface area contributed by atoms with Crippen molar-refractivity contribution in [1.29, 1.82) is 0 Å². The molecule has 116 valence electrons. The Bertz CT molecular complexity index is 339. The topological polar surface area (TPSA) is 67.9 Å². The minimum Gasteiger partial charge on any atom is -0.385 e. The van der Waals surface area contributed by atoms with Gasteiger partial charge in [-0.15, -0.1) is 0 Å². The molecule has 0 radical (unpaired) electrons. The molecular weight excluding hydrogens is 260 g/mol. The predicted octanol–water partition coefficient (Wildman–Crippen LogP) is 0.413. The first-order valence-corrected chi connectivity index (χ1v) is 7.02. The highest BCUT2D eigenvalue weighted by Gasteiger charge is 2.41. The smallest absolute Gasteiger partial charge is 0.243 e. The molecule has 1 aliphatic rings. The molecule has 0 spiro atoms. The van der Waals surface area contributed by atoms with Crippen molar-refractivity contribution in [1.82, 2.24) is 10.2 Å². The van der Waals surface area contributed by atoms with E-state index in [1.807, 2.05) is 20.8 Å². The van der Waals surface area contributed by atoms with Gasteiger partial charge in [0.15, 0.2) is 0 Å². The number of carbonyl (C=O) groups is 2. The van der Waals surface area contributed by atoms with Crippen LogP contribution in [-0.4, -0.2) is 62.8 Å². The van der Waals surface area contributed by atoms with Gasteiger partial charge in [0.05, 0.1) is 13.2 Å². The Kier molecular flexibility index (Phi) is 6.42. The van der Waals surface area contributed by atoms with Crippen LogP contribution in [0.4, 0.5) is 0 Å². The highest BCUT2D eigenvalue weighted by Crippen LogP contribution is 2.26. The Morgan fingerprint density at radius 1 is 1.25 bits per heavy atom. The molecule has 1 atom stereocenters. The van der Waals surface area contributed by atoms with Gasteiger partial charge in [0.2, 0.25) is 11.8 Å². The van der Waals surface area contributed by atoms with Crippen LogP contribution in [0, 0.1) is 5.41 Å². The summed E-state index contributed by atoms with van der Waals surface area (Å²) in [5.74, 6) is -0.138. The molecule has 1 unspecified atom stereocenters. The highest BCUT2D eigenvalue weighted by molar-refractivity contribution is 5.95. The van der Waals surface area contributed by atoms with Gasteiger partial charge in [-0.2, -0.15) is 0 Å². The molecule has 6 nitrogen and oxygen atoms in total. The molecule has 0 saturated carbocycles. The maximum absolute atomic E-state index is 12.0. The van der Waals surface area contributed by atoms with Gasteiger partial charge in [-0.25, -0.2) is 0 Å². The maximum atomic E-state index is 12.0. The van der Waals surface area contributed by atoms with Crippen LogP contribution in [0.5, 0.6) is 0 Å². The van der Waals surface area contributed by atoms with E-state index in [-0.39, 0.29) is 23.8 Å². The number of ether oxygens (including phenoxy) is 2. The Morgan fingerprint density at radius 3 is 2.55 bits per heavy atom. The number of nitrogens with zero attached hydrogens (tertiary/aromatic N) is 1. The normalized spacial score (nSPS) is 20.2. The summed E-state index contributed by atoms with van der Waals surface area (Å²) in [6.07, 6.45) is 0.827. The molecule has 0 aromatic carbocycles. The maximum Gasteiger partial charge on any atom is 0.243 e. The highest BCUT2D eigenvalue weighted by atomic mass is 16.5. The number of hydrogen-bond donors (Lipinski definition) is 1. The fourth-order valence-corrected chi connectivity index (χ4v) is 2.33. The zero-order valence-electron chi connectivity index (χ0n) is 12.9. The molecule has 20 heavy (non-hydrogen) atoms. The van der Waals surface area contributed by atoms with E-state index in [4.69, 9.17) is 9.47 Å². The molecule has 1 heterocycles. The van der Waals surface area contributed by atoms with Crippen molar-refractivity contribution in [3.63, 3.8) is 0 Å². The second-order valence-electron chi connectivity index (χ2n) is 6.03. The second-order valence-corrected chi connectivity index (χ2v) is 6.03. The van der Waals surface area contributed by atoms with Gasteiger partial charge in [0, 0.05) is 26.9 Å². The summed E-state index contributed by atoms with van der Waals surface area (Å²) >= 11 is 0. The molecule has 1 aliphatic heterocycles. The van der Waals surface area contributed by atoms with Crippen molar-refractivity contribution < 1.29 is 19.1 Å². The molecule has 0 aromatic rings. The number of amides is 2. The van der Waals surface area contributed by atoms with E-state index in [0.29, 0.717) is 26.4 Å². The molecule has 1 N–H and O–H groups in total. The number of methoxy groups -OCH3 is 1. The number of rotatable bonds is 7.